The summed E-state index contributed by atoms with van der Waals surface area (Å²) in [7, 11) is 0. The molecule has 1 aromatic heterocycles. The lowest BCUT2D eigenvalue weighted by Gasteiger charge is -2.19. The molecule has 2 rings (SSSR count). The number of phenols is 1. The Kier molecular flexibility index (Phi) is 6.81. The highest BCUT2D eigenvalue weighted by molar-refractivity contribution is 5.90. The summed E-state index contributed by atoms with van der Waals surface area (Å²) in [5.41, 5.74) is -0.638. The van der Waals surface area contributed by atoms with Crippen molar-refractivity contribution < 1.29 is 39.2 Å². The number of hydrogen-bond acceptors (Lipinski definition) is 8. The van der Waals surface area contributed by atoms with E-state index in [1.807, 2.05) is 0 Å². The number of carbonyl (C=O) groups excluding carboxylic acids is 2. The van der Waals surface area contributed by atoms with Gasteiger partial charge in [0.05, 0.1) is 12.2 Å². The van der Waals surface area contributed by atoms with Crippen molar-refractivity contribution in [3.63, 3.8) is 0 Å². The van der Waals surface area contributed by atoms with E-state index in [0.717, 1.165) is 18.2 Å². The molecule has 0 aliphatic heterocycles. The summed E-state index contributed by atoms with van der Waals surface area (Å²) in [6, 6.07) is 6.08. The van der Waals surface area contributed by atoms with E-state index in [0.29, 0.717) is 17.7 Å². The molecule has 2 aromatic rings. The quantitative estimate of drug-likeness (QED) is 0.511. The fraction of sp³-hybridized carbons (Fsp3) is 0.368. The molecule has 0 unspecified atom stereocenters. The third kappa shape index (κ3) is 6.83. The van der Waals surface area contributed by atoms with Gasteiger partial charge in [0.2, 0.25) is 11.8 Å². The van der Waals surface area contributed by atoms with Gasteiger partial charge in [-0.1, -0.05) is 0 Å². The third-order valence-electron chi connectivity index (χ3n) is 3.36. The van der Waals surface area contributed by atoms with Crippen LogP contribution in [0.1, 0.15) is 37.6 Å². The van der Waals surface area contributed by atoms with E-state index in [9.17, 15) is 24.9 Å². The second kappa shape index (κ2) is 9.09. The molecule has 0 saturated carbocycles. The first-order valence-electron chi connectivity index (χ1n) is 8.81. The van der Waals surface area contributed by atoms with Crippen LogP contribution in [0.15, 0.2) is 30.3 Å². The number of ether oxygens (including phenoxy) is 2. The van der Waals surface area contributed by atoms with Crippen molar-refractivity contribution in [3.05, 3.63) is 35.9 Å². The zero-order chi connectivity index (χ0) is 21.6. The average Bonchev–Trinajstić information content (AvgIpc) is 2.91. The summed E-state index contributed by atoms with van der Waals surface area (Å²) >= 11 is 0. The molecular weight excluding hydrogens is 384 g/mol. The maximum Gasteiger partial charge on any atom is 0.407 e. The van der Waals surface area contributed by atoms with E-state index in [1.54, 1.807) is 20.8 Å². The predicted octanol–water partition coefficient (Wildman–Crippen LogP) is 2.17. The summed E-state index contributed by atoms with van der Waals surface area (Å²) in [5.74, 6) is -1.90. The molecule has 1 amide bonds. The molecule has 0 bridgehead atoms. The van der Waals surface area contributed by atoms with Gasteiger partial charge < -0.3 is 34.9 Å². The lowest BCUT2D eigenvalue weighted by Crippen LogP contribution is -2.33. The average molecular weight is 408 g/mol. The standard InChI is InChI=1S/C19H24N2O8/c1-19(2,3)28-18(26)20-7-4-8-27-14-10-12(9-13(22)11-14)17(25)29-21-15(23)5-6-16(21)24/h5-6,9-11,22-24H,4,7-8H2,1-3H3,(H,20,26). The molecule has 0 atom stereocenters. The van der Waals surface area contributed by atoms with Crippen molar-refractivity contribution in [2.45, 2.75) is 32.8 Å². The van der Waals surface area contributed by atoms with Gasteiger partial charge in [-0.25, -0.2) is 9.59 Å². The second-order valence-electron chi connectivity index (χ2n) is 7.07. The zero-order valence-electron chi connectivity index (χ0n) is 16.3. The number of rotatable bonds is 7. The summed E-state index contributed by atoms with van der Waals surface area (Å²) in [6.45, 7) is 5.80. The molecule has 0 aliphatic carbocycles. The third-order valence-corrected chi connectivity index (χ3v) is 3.36. The lowest BCUT2D eigenvalue weighted by atomic mass is 10.2. The highest BCUT2D eigenvalue weighted by Crippen LogP contribution is 2.24. The summed E-state index contributed by atoms with van der Waals surface area (Å²) in [5, 5.41) is 31.4. The van der Waals surface area contributed by atoms with Gasteiger partial charge in [0, 0.05) is 24.7 Å². The Balaban J connectivity index is 1.87. The van der Waals surface area contributed by atoms with Crippen molar-refractivity contribution in [3.8, 4) is 23.3 Å². The minimum Gasteiger partial charge on any atom is -0.508 e. The first-order chi connectivity index (χ1) is 13.5. The van der Waals surface area contributed by atoms with Crippen LogP contribution in [0.5, 0.6) is 23.3 Å². The molecule has 0 aliphatic rings. The van der Waals surface area contributed by atoms with E-state index in [4.69, 9.17) is 14.3 Å². The van der Waals surface area contributed by atoms with Gasteiger partial charge in [-0.3, -0.25) is 0 Å². The molecule has 10 nitrogen and oxygen atoms in total. The number of hydrogen-bond donors (Lipinski definition) is 4. The molecular formula is C19H24N2O8. The molecule has 10 heteroatoms. The van der Waals surface area contributed by atoms with E-state index >= 15 is 0 Å². The van der Waals surface area contributed by atoms with Gasteiger partial charge >= 0.3 is 12.1 Å². The van der Waals surface area contributed by atoms with Crippen LogP contribution in [0.2, 0.25) is 0 Å². The Morgan fingerprint density at radius 3 is 2.34 bits per heavy atom. The number of amides is 1. The fourth-order valence-electron chi connectivity index (χ4n) is 2.18. The molecule has 0 spiro atoms. The Morgan fingerprint density at radius 2 is 1.72 bits per heavy atom. The number of benzene rings is 1. The Morgan fingerprint density at radius 1 is 1.07 bits per heavy atom. The molecule has 0 radical (unpaired) electrons. The van der Waals surface area contributed by atoms with Crippen molar-refractivity contribution in [2.24, 2.45) is 0 Å². The summed E-state index contributed by atoms with van der Waals surface area (Å²) in [6.07, 6.45) is -0.0730. The van der Waals surface area contributed by atoms with E-state index in [1.165, 1.54) is 12.1 Å². The minimum absolute atomic E-state index is 0.0561. The highest BCUT2D eigenvalue weighted by atomic mass is 16.7. The molecule has 1 aromatic carbocycles. The topological polar surface area (TPSA) is 139 Å². The Hall–Kier alpha value is -3.56. The first-order valence-corrected chi connectivity index (χ1v) is 8.81. The minimum atomic E-state index is -0.931. The van der Waals surface area contributed by atoms with Crippen LogP contribution in [0.25, 0.3) is 0 Å². The van der Waals surface area contributed by atoms with Gasteiger partial charge in [0.1, 0.15) is 17.1 Å². The van der Waals surface area contributed by atoms with Crippen molar-refractivity contribution in [1.29, 1.82) is 0 Å². The zero-order valence-corrected chi connectivity index (χ0v) is 16.3. The van der Waals surface area contributed by atoms with E-state index in [2.05, 4.69) is 5.32 Å². The summed E-state index contributed by atoms with van der Waals surface area (Å²) in [4.78, 5) is 28.6. The van der Waals surface area contributed by atoms with Gasteiger partial charge in [0.15, 0.2) is 0 Å². The number of nitrogens with one attached hydrogen (secondary N) is 1. The maximum atomic E-state index is 12.2. The Bertz CT molecular complexity index is 850. The highest BCUT2D eigenvalue weighted by Gasteiger charge is 2.17. The number of alkyl carbamates (subject to hydrolysis) is 1. The summed E-state index contributed by atoms with van der Waals surface area (Å²) < 4.78 is 11.1. The molecule has 158 valence electrons. The smallest absolute Gasteiger partial charge is 0.407 e. The van der Waals surface area contributed by atoms with Crippen molar-refractivity contribution in [1.82, 2.24) is 10.0 Å². The molecule has 4 N–H and O–H groups in total. The van der Waals surface area contributed by atoms with Crippen LogP contribution in [0.3, 0.4) is 0 Å². The Labute approximate surface area is 167 Å². The lowest BCUT2D eigenvalue weighted by molar-refractivity contribution is 0.0380. The van der Waals surface area contributed by atoms with Crippen LogP contribution < -0.4 is 14.9 Å². The van der Waals surface area contributed by atoms with Crippen LogP contribution in [0.4, 0.5) is 4.79 Å². The van der Waals surface area contributed by atoms with Crippen LogP contribution in [-0.2, 0) is 4.74 Å². The number of phenolic OH excluding ortho intramolecular Hbond substituents is 1. The van der Waals surface area contributed by atoms with Crippen molar-refractivity contribution >= 4 is 12.1 Å². The van der Waals surface area contributed by atoms with Gasteiger partial charge in [-0.2, -0.15) is 0 Å². The SMILES string of the molecule is CC(C)(C)OC(=O)NCCCOc1cc(O)cc(C(=O)On2c(O)ccc2O)c1. The normalized spacial score (nSPS) is 11.0. The van der Waals surface area contributed by atoms with E-state index in [-0.39, 0.29) is 23.7 Å². The number of aromatic nitrogens is 1. The number of carbonyl (C=O) groups is 2. The molecule has 0 fully saturated rings. The number of aromatic hydroxyl groups is 3. The van der Waals surface area contributed by atoms with Crippen LogP contribution in [-0.4, -0.2) is 50.9 Å². The molecule has 0 saturated heterocycles. The fourth-order valence-corrected chi connectivity index (χ4v) is 2.18. The largest absolute Gasteiger partial charge is 0.508 e. The maximum absolute atomic E-state index is 12.2. The van der Waals surface area contributed by atoms with Gasteiger partial charge in [-0.05, 0) is 39.3 Å². The van der Waals surface area contributed by atoms with Crippen molar-refractivity contribution in [2.75, 3.05) is 13.2 Å². The first kappa shape index (κ1) is 21.7. The van der Waals surface area contributed by atoms with Crippen LogP contribution in [0, 0.1) is 0 Å². The van der Waals surface area contributed by atoms with Gasteiger partial charge in [-0.15, -0.1) is 4.73 Å². The number of nitrogens with zero attached hydrogens (tertiary/aromatic N) is 1. The monoisotopic (exact) mass is 408 g/mol. The van der Waals surface area contributed by atoms with Crippen LogP contribution >= 0.6 is 0 Å². The van der Waals surface area contributed by atoms with E-state index < -0.39 is 29.4 Å². The molecule has 29 heavy (non-hydrogen) atoms. The molecule has 1 heterocycles. The second-order valence-corrected chi connectivity index (χ2v) is 7.07. The predicted molar refractivity (Wildman–Crippen MR) is 101 cm³/mol. The van der Waals surface area contributed by atoms with Gasteiger partial charge in [0.25, 0.3) is 0 Å².